The SMILES string of the molecule is CCc1nnc(NC(=O)C2=NN(c3ccccc3)C(=O)CC2)s1. The second kappa shape index (κ2) is 6.66. The molecule has 0 unspecified atom stereocenters. The van der Waals surface area contributed by atoms with Gasteiger partial charge >= 0.3 is 0 Å². The van der Waals surface area contributed by atoms with Crippen LogP contribution in [0.4, 0.5) is 10.8 Å². The molecule has 118 valence electrons. The number of rotatable bonds is 4. The van der Waals surface area contributed by atoms with Crippen LogP contribution in [0.3, 0.4) is 0 Å². The first-order valence-corrected chi connectivity index (χ1v) is 8.08. The molecule has 8 heteroatoms. The molecule has 1 aliphatic rings. The summed E-state index contributed by atoms with van der Waals surface area (Å²) >= 11 is 1.33. The first-order valence-electron chi connectivity index (χ1n) is 7.26. The number of nitrogens with one attached hydrogen (secondary N) is 1. The van der Waals surface area contributed by atoms with E-state index in [1.54, 1.807) is 12.1 Å². The van der Waals surface area contributed by atoms with Crippen LogP contribution in [-0.2, 0) is 16.0 Å². The summed E-state index contributed by atoms with van der Waals surface area (Å²) in [7, 11) is 0. The fourth-order valence-corrected chi connectivity index (χ4v) is 2.78. The topological polar surface area (TPSA) is 87.6 Å². The van der Waals surface area contributed by atoms with Crippen molar-refractivity contribution in [2.45, 2.75) is 26.2 Å². The molecule has 0 saturated heterocycles. The molecule has 7 nitrogen and oxygen atoms in total. The molecule has 2 amide bonds. The lowest BCUT2D eigenvalue weighted by Crippen LogP contribution is -2.36. The summed E-state index contributed by atoms with van der Waals surface area (Å²) in [5.41, 5.74) is 0.952. The van der Waals surface area contributed by atoms with Crippen LogP contribution >= 0.6 is 11.3 Å². The summed E-state index contributed by atoms with van der Waals surface area (Å²) in [4.78, 5) is 24.3. The molecule has 0 bridgehead atoms. The molecule has 1 aromatic heterocycles. The molecule has 0 fully saturated rings. The molecule has 1 aliphatic heterocycles. The van der Waals surface area contributed by atoms with Gasteiger partial charge in [0.15, 0.2) is 0 Å². The smallest absolute Gasteiger partial charge is 0.273 e. The molecular formula is C15H15N5O2S. The lowest BCUT2D eigenvalue weighted by Gasteiger charge is -2.22. The van der Waals surface area contributed by atoms with E-state index in [0.29, 0.717) is 23.0 Å². The van der Waals surface area contributed by atoms with E-state index in [2.05, 4.69) is 20.6 Å². The number of hydrogen-bond donors (Lipinski definition) is 1. The van der Waals surface area contributed by atoms with Crippen molar-refractivity contribution in [2.24, 2.45) is 5.10 Å². The number of anilines is 2. The van der Waals surface area contributed by atoms with E-state index in [-0.39, 0.29) is 18.2 Å². The second-order valence-electron chi connectivity index (χ2n) is 4.90. The Morgan fingerprint density at radius 2 is 2.04 bits per heavy atom. The zero-order valence-corrected chi connectivity index (χ0v) is 13.3. The first kappa shape index (κ1) is 15.3. The normalized spacial score (nSPS) is 14.6. The standard InChI is InChI=1S/C15H15N5O2S/c1-2-12-17-18-15(23-12)16-14(22)11-8-9-13(21)20(19-11)10-6-4-3-5-7-10/h3-7H,2,8-9H2,1H3,(H,16,18,22). The largest absolute Gasteiger partial charge is 0.295 e. The highest BCUT2D eigenvalue weighted by atomic mass is 32.1. The van der Waals surface area contributed by atoms with Crippen molar-refractivity contribution in [1.82, 2.24) is 10.2 Å². The molecule has 1 N–H and O–H groups in total. The summed E-state index contributed by atoms with van der Waals surface area (Å²) < 4.78 is 0. The van der Waals surface area contributed by atoms with Gasteiger partial charge < -0.3 is 0 Å². The van der Waals surface area contributed by atoms with Gasteiger partial charge in [0.25, 0.3) is 5.91 Å². The summed E-state index contributed by atoms with van der Waals surface area (Å²) in [6.07, 6.45) is 1.33. The number of benzene rings is 1. The van der Waals surface area contributed by atoms with Crippen LogP contribution in [-0.4, -0.2) is 27.7 Å². The third-order valence-corrected chi connectivity index (χ3v) is 4.27. The fraction of sp³-hybridized carbons (Fsp3) is 0.267. The predicted octanol–water partition coefficient (Wildman–Crippen LogP) is 2.22. The third kappa shape index (κ3) is 3.42. The van der Waals surface area contributed by atoms with E-state index >= 15 is 0 Å². The van der Waals surface area contributed by atoms with Crippen molar-refractivity contribution in [3.8, 4) is 0 Å². The maximum atomic E-state index is 12.3. The van der Waals surface area contributed by atoms with Gasteiger partial charge in [0, 0.05) is 12.8 Å². The molecule has 3 rings (SSSR count). The van der Waals surface area contributed by atoms with E-state index in [1.165, 1.54) is 16.3 Å². The Kier molecular flexibility index (Phi) is 4.42. The maximum Gasteiger partial charge on any atom is 0.273 e. The van der Waals surface area contributed by atoms with E-state index in [0.717, 1.165) is 11.4 Å². The van der Waals surface area contributed by atoms with Crippen LogP contribution in [0.25, 0.3) is 0 Å². The summed E-state index contributed by atoms with van der Waals surface area (Å²) in [6.45, 7) is 1.97. The van der Waals surface area contributed by atoms with Crippen molar-refractivity contribution in [2.75, 3.05) is 10.3 Å². The van der Waals surface area contributed by atoms with Crippen molar-refractivity contribution < 1.29 is 9.59 Å². The Morgan fingerprint density at radius 1 is 1.26 bits per heavy atom. The van der Waals surface area contributed by atoms with Gasteiger partial charge in [-0.2, -0.15) is 5.10 Å². The van der Waals surface area contributed by atoms with Crippen molar-refractivity contribution >= 4 is 39.7 Å². The Bertz CT molecular complexity index is 756. The number of aryl methyl sites for hydroxylation is 1. The highest BCUT2D eigenvalue weighted by Crippen LogP contribution is 2.21. The van der Waals surface area contributed by atoms with Crippen LogP contribution in [0.1, 0.15) is 24.8 Å². The molecule has 1 aromatic carbocycles. The molecular weight excluding hydrogens is 314 g/mol. The van der Waals surface area contributed by atoms with E-state index in [1.807, 2.05) is 25.1 Å². The summed E-state index contributed by atoms with van der Waals surface area (Å²) in [5, 5.41) is 17.3. The number of amides is 2. The summed E-state index contributed by atoms with van der Waals surface area (Å²) in [5.74, 6) is -0.478. The Morgan fingerprint density at radius 3 is 2.74 bits per heavy atom. The lowest BCUT2D eigenvalue weighted by molar-refractivity contribution is -0.118. The number of carbonyl (C=O) groups is 2. The average molecular weight is 329 g/mol. The second-order valence-corrected chi connectivity index (χ2v) is 5.96. The average Bonchev–Trinajstić information content (AvgIpc) is 3.03. The van der Waals surface area contributed by atoms with E-state index in [4.69, 9.17) is 0 Å². The van der Waals surface area contributed by atoms with Crippen LogP contribution in [0.2, 0.25) is 0 Å². The quantitative estimate of drug-likeness (QED) is 0.931. The minimum Gasteiger partial charge on any atom is -0.295 e. The first-order chi connectivity index (χ1) is 11.2. The molecule has 0 radical (unpaired) electrons. The van der Waals surface area contributed by atoms with Crippen LogP contribution in [0.15, 0.2) is 35.4 Å². The van der Waals surface area contributed by atoms with Gasteiger partial charge in [0.05, 0.1) is 5.69 Å². The number of hydrazone groups is 1. The van der Waals surface area contributed by atoms with Gasteiger partial charge in [0.1, 0.15) is 10.7 Å². The lowest BCUT2D eigenvalue weighted by atomic mass is 10.1. The van der Waals surface area contributed by atoms with Gasteiger partial charge in [-0.05, 0) is 18.6 Å². The van der Waals surface area contributed by atoms with Crippen molar-refractivity contribution in [3.05, 3.63) is 35.3 Å². The highest BCUT2D eigenvalue weighted by molar-refractivity contribution is 7.15. The Balaban J connectivity index is 1.78. The molecule has 2 aromatic rings. The Hall–Kier alpha value is -2.61. The maximum absolute atomic E-state index is 12.3. The Labute approximate surface area is 137 Å². The van der Waals surface area contributed by atoms with Gasteiger partial charge in [-0.25, -0.2) is 5.01 Å². The molecule has 0 spiro atoms. The molecule has 2 heterocycles. The number of carbonyl (C=O) groups excluding carboxylic acids is 2. The van der Waals surface area contributed by atoms with Gasteiger partial charge in [-0.15, -0.1) is 10.2 Å². The minimum absolute atomic E-state index is 0.128. The van der Waals surface area contributed by atoms with Crippen LogP contribution in [0, 0.1) is 0 Å². The van der Waals surface area contributed by atoms with Gasteiger partial charge in [0.2, 0.25) is 11.0 Å². The molecule has 0 aliphatic carbocycles. The number of hydrogen-bond acceptors (Lipinski definition) is 6. The van der Waals surface area contributed by atoms with Crippen molar-refractivity contribution in [1.29, 1.82) is 0 Å². The van der Waals surface area contributed by atoms with E-state index in [9.17, 15) is 9.59 Å². The van der Waals surface area contributed by atoms with Crippen LogP contribution < -0.4 is 10.3 Å². The monoisotopic (exact) mass is 329 g/mol. The third-order valence-electron chi connectivity index (χ3n) is 3.29. The van der Waals surface area contributed by atoms with Crippen LogP contribution in [0.5, 0.6) is 0 Å². The molecule has 23 heavy (non-hydrogen) atoms. The molecule has 0 atom stereocenters. The van der Waals surface area contributed by atoms with Gasteiger partial charge in [-0.1, -0.05) is 36.5 Å². The summed E-state index contributed by atoms with van der Waals surface area (Å²) in [6, 6.07) is 9.05. The number of nitrogens with zero attached hydrogens (tertiary/aromatic N) is 4. The zero-order chi connectivity index (χ0) is 16.2. The van der Waals surface area contributed by atoms with E-state index < -0.39 is 0 Å². The van der Waals surface area contributed by atoms with Gasteiger partial charge in [-0.3, -0.25) is 14.9 Å². The number of para-hydroxylation sites is 1. The number of aromatic nitrogens is 2. The zero-order valence-electron chi connectivity index (χ0n) is 12.5. The molecule has 0 saturated carbocycles. The minimum atomic E-state index is -0.350. The highest BCUT2D eigenvalue weighted by Gasteiger charge is 2.26. The van der Waals surface area contributed by atoms with Crippen molar-refractivity contribution in [3.63, 3.8) is 0 Å². The predicted molar refractivity (Wildman–Crippen MR) is 88.5 cm³/mol. The fourth-order valence-electron chi connectivity index (χ4n) is 2.10.